The summed E-state index contributed by atoms with van der Waals surface area (Å²) in [5.74, 6) is 0.387. The number of likely N-dealkylation sites (N-methyl/N-ethyl adjacent to an activating group) is 1. The minimum atomic E-state index is -1.01. The number of benzene rings is 2. The third kappa shape index (κ3) is 7.53. The molecule has 0 radical (unpaired) electrons. The van der Waals surface area contributed by atoms with E-state index in [0.717, 1.165) is 66.8 Å². The largest absolute Gasteiger partial charge is 0.380 e. The van der Waals surface area contributed by atoms with Gasteiger partial charge in [-0.3, -0.25) is 9.59 Å². The van der Waals surface area contributed by atoms with Crippen LogP contribution in [0.2, 0.25) is 0 Å². The first-order chi connectivity index (χ1) is 22.3. The van der Waals surface area contributed by atoms with E-state index in [2.05, 4.69) is 94.2 Å². The predicted octanol–water partition coefficient (Wildman–Crippen LogP) is 6.22. The molecule has 5 N–H and O–H groups in total. The number of aliphatic hydroxyl groups is 1. The number of allylic oxidation sites excluding steroid dienone is 3. The van der Waals surface area contributed by atoms with Gasteiger partial charge in [0.1, 0.15) is 5.60 Å². The standard InChI is InChI=1S/C37H46N2O2.C2H7N.CH3NO/c1-9-39(10-2)17-16-38-36(40)29-13-11-12-28(19-29)32-15-14-22(3)34-25(6)35-27(8)37(41)26(7)24(5)23(4)18-31(37)20-30(35)21-33(32)34;1-3-2;2-1-3/h11-15,19,30-31,41H,6-7,9-10,16-18,20-21H2,1-5,8H3,(H,38,40);3H,1-2H3;1H,(H2,2,3)/t30-,31-,37-;;/m1../s1. The fourth-order valence-electron chi connectivity index (χ4n) is 7.72. The van der Waals surface area contributed by atoms with Crippen molar-refractivity contribution >= 4 is 17.9 Å². The highest BCUT2D eigenvalue weighted by atomic mass is 16.3. The molecule has 0 saturated carbocycles. The van der Waals surface area contributed by atoms with E-state index in [1.807, 2.05) is 32.3 Å². The van der Waals surface area contributed by atoms with Crippen LogP contribution in [0.5, 0.6) is 0 Å². The second-order valence-corrected chi connectivity index (χ2v) is 13.0. The molecule has 0 heterocycles. The van der Waals surface area contributed by atoms with Gasteiger partial charge in [0.25, 0.3) is 5.91 Å². The number of rotatable bonds is 7. The number of hydrogen-bond donors (Lipinski definition) is 4. The summed E-state index contributed by atoms with van der Waals surface area (Å²) in [5.41, 5.74) is 16.4. The molecule has 0 spiro atoms. The maximum atomic E-state index is 13.1. The van der Waals surface area contributed by atoms with E-state index in [4.69, 9.17) is 4.79 Å². The fourth-order valence-corrected chi connectivity index (χ4v) is 7.72. The Morgan fingerprint density at radius 1 is 1.09 bits per heavy atom. The number of primary amides is 1. The van der Waals surface area contributed by atoms with Gasteiger partial charge in [-0.1, -0.05) is 56.8 Å². The van der Waals surface area contributed by atoms with Crippen LogP contribution in [0.4, 0.5) is 0 Å². The average Bonchev–Trinajstić information content (AvgIpc) is 3.04. The van der Waals surface area contributed by atoms with Crippen molar-refractivity contribution in [1.82, 2.24) is 15.5 Å². The van der Waals surface area contributed by atoms with Gasteiger partial charge in [0.2, 0.25) is 6.41 Å². The zero-order chi connectivity index (χ0) is 35.1. The van der Waals surface area contributed by atoms with Crippen molar-refractivity contribution in [2.45, 2.75) is 66.4 Å². The summed E-state index contributed by atoms with van der Waals surface area (Å²) in [7, 11) is 3.75. The van der Waals surface area contributed by atoms with Crippen LogP contribution in [0.15, 0.2) is 77.4 Å². The van der Waals surface area contributed by atoms with Gasteiger partial charge in [-0.15, -0.1) is 0 Å². The Hall–Kier alpha value is -3.78. The van der Waals surface area contributed by atoms with Gasteiger partial charge in [-0.05, 0) is 148 Å². The van der Waals surface area contributed by atoms with Crippen molar-refractivity contribution in [2.75, 3.05) is 40.3 Å². The first-order valence-corrected chi connectivity index (χ1v) is 16.8. The average molecular weight is 641 g/mol. The molecule has 2 aromatic rings. The molecule has 5 rings (SSSR count). The van der Waals surface area contributed by atoms with Crippen LogP contribution in [-0.2, 0) is 11.2 Å². The molecule has 3 aliphatic rings. The normalized spacial score (nSPS) is 21.5. The lowest BCUT2D eigenvalue weighted by Gasteiger charge is -2.51. The molecule has 0 aliphatic heterocycles. The van der Waals surface area contributed by atoms with Gasteiger partial charge in [0.05, 0.1) is 0 Å². The van der Waals surface area contributed by atoms with Crippen LogP contribution in [-0.4, -0.2) is 68.2 Å². The zero-order valence-corrected chi connectivity index (χ0v) is 29.8. The lowest BCUT2D eigenvalue weighted by Crippen LogP contribution is -2.49. The Morgan fingerprint density at radius 2 is 1.72 bits per heavy atom. The van der Waals surface area contributed by atoms with E-state index in [1.165, 1.54) is 33.4 Å². The Balaban J connectivity index is 0.000000930. The minimum absolute atomic E-state index is 0.0342. The third-order valence-corrected chi connectivity index (χ3v) is 10.3. The van der Waals surface area contributed by atoms with Gasteiger partial charge >= 0.3 is 0 Å². The Kier molecular flexibility index (Phi) is 13.1. The smallest absolute Gasteiger partial charge is 0.251 e. The summed E-state index contributed by atoms with van der Waals surface area (Å²) in [5, 5.41) is 18.0. The van der Waals surface area contributed by atoms with Crippen LogP contribution < -0.4 is 16.4 Å². The van der Waals surface area contributed by atoms with Crippen molar-refractivity contribution in [3.05, 3.63) is 99.7 Å². The topological polar surface area (TPSA) is 108 Å². The number of carbonyl (C=O) groups excluding carboxylic acids is 2. The Labute approximate surface area is 282 Å². The van der Waals surface area contributed by atoms with Gasteiger partial charge < -0.3 is 26.4 Å². The predicted molar refractivity (Wildman–Crippen MR) is 196 cm³/mol. The molecule has 2 amide bonds. The number of amides is 2. The molecule has 47 heavy (non-hydrogen) atoms. The second-order valence-electron chi connectivity index (χ2n) is 13.0. The summed E-state index contributed by atoms with van der Waals surface area (Å²) < 4.78 is 0. The Morgan fingerprint density at radius 3 is 2.34 bits per heavy atom. The minimum Gasteiger partial charge on any atom is -0.380 e. The molecule has 0 bridgehead atoms. The molecule has 0 unspecified atom stereocenters. The van der Waals surface area contributed by atoms with Crippen molar-refractivity contribution in [1.29, 1.82) is 0 Å². The molecular weight excluding hydrogens is 584 g/mol. The summed E-state index contributed by atoms with van der Waals surface area (Å²) >= 11 is 0. The van der Waals surface area contributed by atoms with Crippen molar-refractivity contribution < 1.29 is 14.7 Å². The van der Waals surface area contributed by atoms with E-state index in [9.17, 15) is 9.90 Å². The molecule has 254 valence electrons. The highest BCUT2D eigenvalue weighted by Crippen LogP contribution is 2.57. The molecule has 0 aromatic heterocycles. The van der Waals surface area contributed by atoms with Gasteiger partial charge in [-0.25, -0.2) is 0 Å². The monoisotopic (exact) mass is 640 g/mol. The number of aryl methyl sites for hydroxylation is 1. The molecule has 3 aliphatic carbocycles. The Bertz CT molecular complexity index is 1570. The van der Waals surface area contributed by atoms with Crippen LogP contribution in [0.1, 0.15) is 74.5 Å². The summed E-state index contributed by atoms with van der Waals surface area (Å²) in [6, 6.07) is 12.4. The van der Waals surface area contributed by atoms with Crippen LogP contribution in [0.3, 0.4) is 0 Å². The summed E-state index contributed by atoms with van der Waals surface area (Å²) in [6.45, 7) is 25.3. The van der Waals surface area contributed by atoms with Gasteiger partial charge in [-0.2, -0.15) is 0 Å². The van der Waals surface area contributed by atoms with E-state index in [0.29, 0.717) is 18.0 Å². The summed E-state index contributed by atoms with van der Waals surface area (Å²) in [4.78, 5) is 24.0. The quantitative estimate of drug-likeness (QED) is 0.269. The highest BCUT2D eigenvalue weighted by molar-refractivity contribution is 5.96. The van der Waals surface area contributed by atoms with Crippen molar-refractivity contribution in [2.24, 2.45) is 17.6 Å². The van der Waals surface area contributed by atoms with E-state index >= 15 is 0 Å². The summed E-state index contributed by atoms with van der Waals surface area (Å²) in [6.07, 6.45) is 2.96. The van der Waals surface area contributed by atoms with Crippen molar-refractivity contribution in [3.63, 3.8) is 0 Å². The van der Waals surface area contributed by atoms with E-state index in [1.54, 1.807) is 0 Å². The maximum Gasteiger partial charge on any atom is 0.251 e. The molecule has 3 atom stereocenters. The van der Waals surface area contributed by atoms with Crippen molar-refractivity contribution in [3.8, 4) is 11.1 Å². The van der Waals surface area contributed by atoms with E-state index < -0.39 is 5.60 Å². The van der Waals surface area contributed by atoms with Crippen LogP contribution in [0, 0.1) is 18.8 Å². The second kappa shape index (κ2) is 16.4. The van der Waals surface area contributed by atoms with Crippen LogP contribution in [0.25, 0.3) is 16.7 Å². The number of fused-ring (bicyclic) bond motifs is 3. The number of nitrogens with zero attached hydrogens (tertiary/aromatic N) is 1. The lowest BCUT2D eigenvalue weighted by atomic mass is 9.56. The van der Waals surface area contributed by atoms with Crippen LogP contribution >= 0.6 is 0 Å². The highest BCUT2D eigenvalue weighted by Gasteiger charge is 2.51. The first-order valence-electron chi connectivity index (χ1n) is 16.8. The fraction of sp³-hybridized carbons (Fsp3) is 0.450. The third-order valence-electron chi connectivity index (χ3n) is 10.3. The molecule has 2 aromatic carbocycles. The zero-order valence-electron chi connectivity index (χ0n) is 29.8. The first kappa shape index (κ1) is 37.7. The van der Waals surface area contributed by atoms with E-state index in [-0.39, 0.29) is 18.2 Å². The molecule has 0 fully saturated rings. The number of carbonyl (C=O) groups is 2. The number of hydrogen-bond acceptors (Lipinski definition) is 5. The van der Waals surface area contributed by atoms with Gasteiger partial charge in [0.15, 0.2) is 0 Å². The molecule has 0 saturated heterocycles. The molecule has 7 heteroatoms. The maximum absolute atomic E-state index is 13.1. The lowest BCUT2D eigenvalue weighted by molar-refractivity contribution is -0.106. The SMILES string of the molecule is C=C1C2=C(C)[C@]3(O)C(=C)C(C)=C(C)C[C@@H]3C[C@@H]2Cc2c(-c3cccc(C(=O)NCCN(CC)CC)c3)ccc(C)c21.CNC.NC=O. The molecular formula is C40H56N4O3. The molecule has 7 nitrogen and oxygen atoms in total. The van der Waals surface area contributed by atoms with Gasteiger partial charge in [0, 0.05) is 24.6 Å². The number of nitrogens with two attached hydrogens (primary N) is 1. The number of nitrogens with one attached hydrogen (secondary N) is 2.